The van der Waals surface area contributed by atoms with E-state index in [1.54, 1.807) is 18.2 Å². The van der Waals surface area contributed by atoms with Gasteiger partial charge < -0.3 is 10.8 Å². The van der Waals surface area contributed by atoms with Crippen LogP contribution in [0.25, 0.3) is 0 Å². The van der Waals surface area contributed by atoms with Crippen molar-refractivity contribution in [3.8, 4) is 0 Å². The summed E-state index contributed by atoms with van der Waals surface area (Å²) in [5.74, 6) is 0. The maximum atomic E-state index is 10.1. The fourth-order valence-electron chi connectivity index (χ4n) is 2.14. The lowest BCUT2D eigenvalue weighted by Crippen LogP contribution is -2.30. The molecule has 3 N–H and O–H groups in total. The Balaban J connectivity index is 2.01. The highest BCUT2D eigenvalue weighted by molar-refractivity contribution is 6.35. The van der Waals surface area contributed by atoms with Crippen molar-refractivity contribution in [2.45, 2.75) is 18.6 Å². The minimum absolute atomic E-state index is 0.225. The molecule has 2 atom stereocenters. The molecule has 1 aliphatic heterocycles. The Labute approximate surface area is 111 Å². The Bertz CT molecular complexity index is 400. The van der Waals surface area contributed by atoms with Gasteiger partial charge in [-0.05, 0) is 25.1 Å². The Kier molecular flexibility index (Phi) is 4.28. The predicted octanol–water partition coefficient (Wildman–Crippen LogP) is 2.06. The van der Waals surface area contributed by atoms with Crippen LogP contribution in [-0.2, 0) is 0 Å². The van der Waals surface area contributed by atoms with Gasteiger partial charge in [0, 0.05) is 34.7 Å². The second kappa shape index (κ2) is 5.55. The lowest BCUT2D eigenvalue weighted by atomic mass is 10.1. The zero-order valence-electron chi connectivity index (χ0n) is 9.44. The van der Waals surface area contributed by atoms with Crippen molar-refractivity contribution in [1.29, 1.82) is 0 Å². The molecule has 0 amide bonds. The number of nitrogens with two attached hydrogens (primary N) is 1. The summed E-state index contributed by atoms with van der Waals surface area (Å²) in [5, 5.41) is 11.2. The molecule has 1 heterocycles. The van der Waals surface area contributed by atoms with Crippen molar-refractivity contribution in [3.63, 3.8) is 0 Å². The molecule has 0 aliphatic carbocycles. The van der Waals surface area contributed by atoms with Gasteiger partial charge in [-0.15, -0.1) is 0 Å². The zero-order valence-corrected chi connectivity index (χ0v) is 11.0. The van der Waals surface area contributed by atoms with E-state index < -0.39 is 6.10 Å². The molecule has 0 bridgehead atoms. The number of aliphatic hydroxyl groups excluding tert-OH is 1. The van der Waals surface area contributed by atoms with Gasteiger partial charge in [0.15, 0.2) is 0 Å². The SMILES string of the molecule is N[C@H]1CCN(CC(O)c2ccc(Cl)cc2Cl)C1. The van der Waals surface area contributed by atoms with Gasteiger partial charge in [0.05, 0.1) is 6.10 Å². The highest BCUT2D eigenvalue weighted by atomic mass is 35.5. The second-order valence-electron chi connectivity index (χ2n) is 4.49. The number of hydrogen-bond acceptors (Lipinski definition) is 3. The van der Waals surface area contributed by atoms with Gasteiger partial charge in [0.2, 0.25) is 0 Å². The van der Waals surface area contributed by atoms with Crippen molar-refractivity contribution in [2.75, 3.05) is 19.6 Å². The van der Waals surface area contributed by atoms with Crippen LogP contribution in [0, 0.1) is 0 Å². The molecule has 2 rings (SSSR count). The largest absolute Gasteiger partial charge is 0.387 e. The Morgan fingerprint density at radius 2 is 2.24 bits per heavy atom. The highest BCUT2D eigenvalue weighted by Crippen LogP contribution is 2.27. The van der Waals surface area contributed by atoms with E-state index in [9.17, 15) is 5.11 Å². The third-order valence-corrected chi connectivity index (χ3v) is 3.62. The zero-order chi connectivity index (χ0) is 12.4. The topological polar surface area (TPSA) is 49.5 Å². The monoisotopic (exact) mass is 274 g/mol. The number of hydrogen-bond donors (Lipinski definition) is 2. The summed E-state index contributed by atoms with van der Waals surface area (Å²) in [6.07, 6.45) is 0.395. The summed E-state index contributed by atoms with van der Waals surface area (Å²) in [6.45, 7) is 2.33. The maximum Gasteiger partial charge on any atom is 0.0931 e. The van der Waals surface area contributed by atoms with Gasteiger partial charge in [-0.2, -0.15) is 0 Å². The number of likely N-dealkylation sites (tertiary alicyclic amines) is 1. The van der Waals surface area contributed by atoms with E-state index in [1.165, 1.54) is 0 Å². The lowest BCUT2D eigenvalue weighted by Gasteiger charge is -2.20. The summed E-state index contributed by atoms with van der Waals surface area (Å²) in [4.78, 5) is 2.15. The van der Waals surface area contributed by atoms with Gasteiger partial charge >= 0.3 is 0 Å². The molecule has 5 heteroatoms. The summed E-state index contributed by atoms with van der Waals surface area (Å²) in [6, 6.07) is 5.38. The van der Waals surface area contributed by atoms with Crippen LogP contribution >= 0.6 is 23.2 Å². The molecule has 0 radical (unpaired) electrons. The van der Waals surface area contributed by atoms with E-state index in [2.05, 4.69) is 4.90 Å². The van der Waals surface area contributed by atoms with Crippen LogP contribution in [0.1, 0.15) is 18.1 Å². The van der Waals surface area contributed by atoms with Crippen LogP contribution < -0.4 is 5.73 Å². The summed E-state index contributed by atoms with van der Waals surface area (Å²) in [5.41, 5.74) is 6.54. The molecule has 1 unspecified atom stereocenters. The van der Waals surface area contributed by atoms with Crippen molar-refractivity contribution < 1.29 is 5.11 Å². The first-order valence-corrected chi connectivity index (χ1v) is 6.43. The first-order valence-electron chi connectivity index (χ1n) is 5.67. The molecule has 3 nitrogen and oxygen atoms in total. The average molecular weight is 275 g/mol. The van der Waals surface area contributed by atoms with Gasteiger partial charge in [0.25, 0.3) is 0 Å². The van der Waals surface area contributed by atoms with E-state index in [1.807, 2.05) is 0 Å². The number of benzene rings is 1. The number of halogens is 2. The molecule has 1 aromatic carbocycles. The van der Waals surface area contributed by atoms with E-state index in [-0.39, 0.29) is 6.04 Å². The fourth-order valence-corrected chi connectivity index (χ4v) is 2.68. The average Bonchev–Trinajstić information content (AvgIpc) is 2.63. The molecule has 1 saturated heterocycles. The van der Waals surface area contributed by atoms with Crippen LogP contribution in [0.4, 0.5) is 0 Å². The number of aliphatic hydroxyl groups is 1. The van der Waals surface area contributed by atoms with Crippen molar-refractivity contribution in [3.05, 3.63) is 33.8 Å². The second-order valence-corrected chi connectivity index (χ2v) is 5.33. The highest BCUT2D eigenvalue weighted by Gasteiger charge is 2.22. The minimum Gasteiger partial charge on any atom is -0.387 e. The van der Waals surface area contributed by atoms with Crippen LogP contribution in [0.3, 0.4) is 0 Å². The molecule has 1 aromatic rings. The summed E-state index contributed by atoms with van der Waals surface area (Å²) >= 11 is 11.9. The van der Waals surface area contributed by atoms with E-state index in [0.29, 0.717) is 16.6 Å². The normalized spacial score (nSPS) is 22.9. The number of rotatable bonds is 3. The molecule has 1 aliphatic rings. The first kappa shape index (κ1) is 13.1. The smallest absolute Gasteiger partial charge is 0.0931 e. The van der Waals surface area contributed by atoms with Crippen LogP contribution in [-0.4, -0.2) is 35.7 Å². The van der Waals surface area contributed by atoms with Crippen molar-refractivity contribution >= 4 is 23.2 Å². The lowest BCUT2D eigenvalue weighted by molar-refractivity contribution is 0.125. The molecule has 0 spiro atoms. The van der Waals surface area contributed by atoms with Crippen LogP contribution in [0.2, 0.25) is 10.0 Å². The fraction of sp³-hybridized carbons (Fsp3) is 0.500. The molecular weight excluding hydrogens is 259 g/mol. The molecule has 94 valence electrons. The Hall–Kier alpha value is -0.320. The standard InChI is InChI=1S/C12H16Cl2N2O/c13-8-1-2-10(11(14)5-8)12(17)7-16-4-3-9(15)6-16/h1-2,5,9,12,17H,3-4,6-7,15H2/t9-,12?/m0/s1. The molecule has 0 aromatic heterocycles. The third-order valence-electron chi connectivity index (χ3n) is 3.06. The Morgan fingerprint density at radius 1 is 1.47 bits per heavy atom. The molecule has 1 fully saturated rings. The first-order chi connectivity index (χ1) is 8.06. The molecule has 17 heavy (non-hydrogen) atoms. The quantitative estimate of drug-likeness (QED) is 0.887. The molecule has 0 saturated carbocycles. The van der Waals surface area contributed by atoms with E-state index >= 15 is 0 Å². The summed E-state index contributed by atoms with van der Waals surface area (Å²) in [7, 11) is 0. The van der Waals surface area contributed by atoms with Crippen LogP contribution in [0.5, 0.6) is 0 Å². The number of nitrogens with zero attached hydrogens (tertiary/aromatic N) is 1. The minimum atomic E-state index is -0.593. The summed E-state index contributed by atoms with van der Waals surface area (Å²) < 4.78 is 0. The van der Waals surface area contributed by atoms with E-state index in [4.69, 9.17) is 28.9 Å². The van der Waals surface area contributed by atoms with Crippen molar-refractivity contribution in [2.24, 2.45) is 5.73 Å². The van der Waals surface area contributed by atoms with Gasteiger partial charge in [0.1, 0.15) is 0 Å². The van der Waals surface area contributed by atoms with Gasteiger partial charge in [-0.25, -0.2) is 0 Å². The molecular formula is C12H16Cl2N2O. The predicted molar refractivity (Wildman–Crippen MR) is 70.5 cm³/mol. The van der Waals surface area contributed by atoms with Gasteiger partial charge in [-0.1, -0.05) is 29.3 Å². The number of β-amino-alcohol motifs (C(OH)–C–C–N with tert-alkyl or cyclic N) is 1. The maximum absolute atomic E-state index is 10.1. The van der Waals surface area contributed by atoms with Crippen molar-refractivity contribution in [1.82, 2.24) is 4.90 Å². The Morgan fingerprint density at radius 3 is 2.82 bits per heavy atom. The van der Waals surface area contributed by atoms with Gasteiger partial charge in [-0.3, -0.25) is 4.90 Å². The third kappa shape index (κ3) is 3.33. The van der Waals surface area contributed by atoms with E-state index in [0.717, 1.165) is 25.1 Å². The van der Waals surface area contributed by atoms with Crippen LogP contribution in [0.15, 0.2) is 18.2 Å².